The molecule has 3 heteroatoms. The number of halogens is 1. The maximum atomic E-state index is 12.6. The zero-order chi connectivity index (χ0) is 16.5. The second kappa shape index (κ2) is 5.20. The van der Waals surface area contributed by atoms with Crippen LogP contribution in [0.3, 0.4) is 0 Å². The fraction of sp³-hybridized carbons (Fsp3) is 0.571. The Labute approximate surface area is 151 Å². The van der Waals surface area contributed by atoms with Crippen molar-refractivity contribution in [3.8, 4) is 0 Å². The Morgan fingerprint density at radius 3 is 2.71 bits per heavy atom. The van der Waals surface area contributed by atoms with Crippen molar-refractivity contribution in [3.05, 3.63) is 46.5 Å². The molecule has 0 saturated heterocycles. The number of fused-ring (bicyclic) bond motifs is 3. The van der Waals surface area contributed by atoms with Crippen molar-refractivity contribution < 1.29 is 9.53 Å². The van der Waals surface area contributed by atoms with E-state index in [-0.39, 0.29) is 12.1 Å². The summed E-state index contributed by atoms with van der Waals surface area (Å²) in [5, 5.41) is 0. The van der Waals surface area contributed by atoms with Crippen molar-refractivity contribution in [2.75, 3.05) is 0 Å². The van der Waals surface area contributed by atoms with Crippen LogP contribution in [0.4, 0.5) is 0 Å². The molecular formula is C21H23BrO2. The summed E-state index contributed by atoms with van der Waals surface area (Å²) in [6.07, 6.45) is 7.72. The van der Waals surface area contributed by atoms with Gasteiger partial charge >= 0.3 is 5.97 Å². The second-order valence-corrected chi connectivity index (χ2v) is 9.25. The summed E-state index contributed by atoms with van der Waals surface area (Å²) in [4.78, 5) is 12.6. The average molecular weight is 387 g/mol. The Morgan fingerprint density at radius 1 is 1.17 bits per heavy atom. The highest BCUT2D eigenvalue weighted by Gasteiger charge is 2.69. The summed E-state index contributed by atoms with van der Waals surface area (Å²) in [6.45, 7) is 4.33. The molecular weight excluding hydrogens is 364 g/mol. The molecule has 2 bridgehead atoms. The van der Waals surface area contributed by atoms with E-state index in [0.29, 0.717) is 16.9 Å². The quantitative estimate of drug-likeness (QED) is 0.503. The number of rotatable bonds is 2. The van der Waals surface area contributed by atoms with Gasteiger partial charge in [-0.2, -0.15) is 0 Å². The van der Waals surface area contributed by atoms with Gasteiger partial charge < -0.3 is 4.74 Å². The van der Waals surface area contributed by atoms with Crippen LogP contribution in [-0.2, 0) is 4.74 Å². The molecule has 6 atom stereocenters. The van der Waals surface area contributed by atoms with E-state index in [1.54, 1.807) is 0 Å². The second-order valence-electron chi connectivity index (χ2n) is 8.33. The van der Waals surface area contributed by atoms with Crippen molar-refractivity contribution in [1.29, 1.82) is 0 Å². The zero-order valence-corrected chi connectivity index (χ0v) is 15.4. The first-order valence-electron chi connectivity index (χ1n) is 9.24. The molecule has 0 heterocycles. The highest BCUT2D eigenvalue weighted by molar-refractivity contribution is 9.10. The Bertz CT molecular complexity index is 709. The lowest BCUT2D eigenvalue weighted by Gasteiger charge is -2.63. The largest absolute Gasteiger partial charge is 0.458 e. The van der Waals surface area contributed by atoms with Crippen molar-refractivity contribution in [3.63, 3.8) is 0 Å². The lowest BCUT2D eigenvalue weighted by Crippen LogP contribution is -2.59. The molecule has 6 unspecified atom stereocenters. The van der Waals surface area contributed by atoms with Crippen LogP contribution < -0.4 is 0 Å². The Kier molecular flexibility index (Phi) is 3.29. The summed E-state index contributed by atoms with van der Waals surface area (Å²) in [7, 11) is 0. The predicted octanol–water partition coefficient (Wildman–Crippen LogP) is 5.38. The third-order valence-corrected chi connectivity index (χ3v) is 8.05. The van der Waals surface area contributed by atoms with Crippen molar-refractivity contribution >= 4 is 21.9 Å². The number of ether oxygens (including phenoxy) is 1. The van der Waals surface area contributed by atoms with Crippen LogP contribution in [0, 0.1) is 29.1 Å². The van der Waals surface area contributed by atoms with Gasteiger partial charge in [-0.15, -0.1) is 0 Å². The maximum Gasteiger partial charge on any atom is 0.338 e. The van der Waals surface area contributed by atoms with E-state index < -0.39 is 0 Å². The van der Waals surface area contributed by atoms with E-state index in [4.69, 9.17) is 4.74 Å². The van der Waals surface area contributed by atoms with E-state index in [1.165, 1.54) is 37.7 Å². The van der Waals surface area contributed by atoms with Crippen molar-refractivity contribution in [2.24, 2.45) is 29.1 Å². The molecule has 0 aromatic heterocycles. The Balaban J connectivity index is 1.39. The number of carbonyl (C=O) groups is 1. The van der Waals surface area contributed by atoms with Gasteiger partial charge in [0, 0.05) is 10.4 Å². The molecule has 4 aliphatic rings. The third kappa shape index (κ3) is 1.91. The first kappa shape index (κ1) is 15.2. The van der Waals surface area contributed by atoms with Crippen LogP contribution in [0.15, 0.2) is 40.9 Å². The molecule has 5 rings (SSSR count). The monoisotopic (exact) mass is 386 g/mol. The average Bonchev–Trinajstić information content (AvgIpc) is 3.14. The fourth-order valence-electron chi connectivity index (χ4n) is 6.78. The van der Waals surface area contributed by atoms with Crippen molar-refractivity contribution in [1.82, 2.24) is 0 Å². The highest BCUT2D eigenvalue weighted by atomic mass is 79.9. The Morgan fingerprint density at radius 2 is 1.96 bits per heavy atom. The molecule has 0 aliphatic heterocycles. The number of esters is 1. The van der Waals surface area contributed by atoms with Crippen LogP contribution in [0.5, 0.6) is 0 Å². The van der Waals surface area contributed by atoms with Gasteiger partial charge in [0.05, 0.1) is 5.56 Å². The standard InChI is InChI=1S/C21H23BrO2/c1-12-11-21-15-5-2-14(10-15)17(21)8-9-18(19(12)21)24-20(23)13-3-6-16(22)7-4-13/h3-4,6-7,14-15,17-19H,1-2,5,8-11H2. The summed E-state index contributed by atoms with van der Waals surface area (Å²) >= 11 is 3.41. The topological polar surface area (TPSA) is 26.3 Å². The molecule has 1 spiro atoms. The van der Waals surface area contributed by atoms with Crippen LogP contribution in [0.2, 0.25) is 0 Å². The van der Waals surface area contributed by atoms with E-state index in [9.17, 15) is 4.79 Å². The fourth-order valence-corrected chi connectivity index (χ4v) is 7.04. The van der Waals surface area contributed by atoms with Gasteiger partial charge in [-0.3, -0.25) is 0 Å². The van der Waals surface area contributed by atoms with Crippen LogP contribution in [-0.4, -0.2) is 12.1 Å². The van der Waals surface area contributed by atoms with Gasteiger partial charge in [0.25, 0.3) is 0 Å². The van der Waals surface area contributed by atoms with E-state index >= 15 is 0 Å². The van der Waals surface area contributed by atoms with Crippen LogP contribution in [0.25, 0.3) is 0 Å². The molecule has 0 N–H and O–H groups in total. The highest BCUT2D eigenvalue weighted by Crippen LogP contribution is 2.75. The van der Waals surface area contributed by atoms with Gasteiger partial charge in [-0.1, -0.05) is 28.1 Å². The van der Waals surface area contributed by atoms with Crippen LogP contribution >= 0.6 is 15.9 Å². The summed E-state index contributed by atoms with van der Waals surface area (Å²) < 4.78 is 7.00. The zero-order valence-electron chi connectivity index (χ0n) is 13.8. The Hall–Kier alpha value is -1.09. The van der Waals surface area contributed by atoms with Crippen LogP contribution in [0.1, 0.15) is 48.9 Å². The third-order valence-electron chi connectivity index (χ3n) is 7.52. The first-order valence-corrected chi connectivity index (χ1v) is 10.0. The first-order chi connectivity index (χ1) is 11.6. The summed E-state index contributed by atoms with van der Waals surface area (Å²) in [5.74, 6) is 2.91. The molecule has 0 radical (unpaired) electrons. The minimum absolute atomic E-state index is 0.0398. The molecule has 4 aliphatic carbocycles. The smallest absolute Gasteiger partial charge is 0.338 e. The van der Waals surface area contributed by atoms with E-state index in [1.807, 2.05) is 24.3 Å². The number of benzene rings is 1. The molecule has 4 fully saturated rings. The van der Waals surface area contributed by atoms with Gasteiger partial charge in [-0.05, 0) is 86.0 Å². The molecule has 4 saturated carbocycles. The SMILES string of the molecule is C=C1CC23C4CCC(C4)C2CCC(OC(=O)c2ccc(Br)cc2)C13. The predicted molar refractivity (Wildman–Crippen MR) is 96.6 cm³/mol. The van der Waals surface area contributed by atoms with Gasteiger partial charge in [0.15, 0.2) is 0 Å². The molecule has 1 aromatic carbocycles. The summed E-state index contributed by atoms with van der Waals surface area (Å²) in [6, 6.07) is 7.46. The van der Waals surface area contributed by atoms with Gasteiger partial charge in [0.2, 0.25) is 0 Å². The normalized spacial score (nSPS) is 42.2. The molecule has 0 amide bonds. The van der Waals surface area contributed by atoms with Crippen molar-refractivity contribution in [2.45, 2.75) is 44.6 Å². The van der Waals surface area contributed by atoms with E-state index in [0.717, 1.165) is 28.6 Å². The van der Waals surface area contributed by atoms with Gasteiger partial charge in [-0.25, -0.2) is 4.79 Å². The minimum Gasteiger partial charge on any atom is -0.458 e. The number of hydrogen-bond donors (Lipinski definition) is 0. The summed E-state index contributed by atoms with van der Waals surface area (Å²) in [5.41, 5.74) is 2.41. The van der Waals surface area contributed by atoms with Gasteiger partial charge in [0.1, 0.15) is 6.10 Å². The lowest BCUT2D eigenvalue weighted by molar-refractivity contribution is -0.126. The molecule has 1 aromatic rings. The maximum absolute atomic E-state index is 12.6. The van der Waals surface area contributed by atoms with E-state index in [2.05, 4.69) is 22.5 Å². The molecule has 2 nitrogen and oxygen atoms in total. The lowest BCUT2D eigenvalue weighted by atomic mass is 9.42. The number of carbonyl (C=O) groups excluding carboxylic acids is 1. The number of hydrogen-bond acceptors (Lipinski definition) is 2. The molecule has 126 valence electrons. The molecule has 24 heavy (non-hydrogen) atoms. The minimum atomic E-state index is -0.177.